The number of rotatable bonds is 5. The second kappa shape index (κ2) is 6.49. The van der Waals surface area contributed by atoms with Gasteiger partial charge in [0.25, 0.3) is 0 Å². The van der Waals surface area contributed by atoms with Gasteiger partial charge in [-0.2, -0.15) is 0 Å². The highest BCUT2D eigenvalue weighted by molar-refractivity contribution is 7.98. The lowest BCUT2D eigenvalue weighted by Gasteiger charge is -2.08. The smallest absolute Gasteiger partial charge is 0.311 e. The van der Waals surface area contributed by atoms with Crippen LogP contribution in [0.1, 0.15) is 11.1 Å². The number of nitro groups is 1. The van der Waals surface area contributed by atoms with Gasteiger partial charge in [-0.05, 0) is 36.2 Å². The zero-order valence-electron chi connectivity index (χ0n) is 11.8. The summed E-state index contributed by atoms with van der Waals surface area (Å²) in [6, 6.07) is 10.7. The van der Waals surface area contributed by atoms with Crippen molar-refractivity contribution in [2.24, 2.45) is 0 Å². The second-order valence-corrected chi connectivity index (χ2v) is 5.59. The number of ether oxygens (including phenoxy) is 1. The Hall–Kier alpha value is -2.21. The van der Waals surface area contributed by atoms with E-state index in [1.807, 2.05) is 31.2 Å². The molecule has 0 amide bonds. The molecule has 0 bridgehead atoms. The summed E-state index contributed by atoms with van der Waals surface area (Å²) >= 11 is 1.60. The van der Waals surface area contributed by atoms with E-state index in [1.165, 1.54) is 7.11 Å². The molecule has 0 radical (unpaired) electrons. The Morgan fingerprint density at radius 3 is 2.71 bits per heavy atom. The molecule has 0 saturated carbocycles. The predicted octanol–water partition coefficient (Wildman–Crippen LogP) is 3.79. The Labute approximate surface area is 127 Å². The number of nitro benzene ring substituents is 1. The number of anilines is 1. The molecule has 0 aliphatic carbocycles. The lowest BCUT2D eigenvalue weighted by Crippen LogP contribution is -1.95. The van der Waals surface area contributed by atoms with Crippen molar-refractivity contribution in [2.45, 2.75) is 17.6 Å². The number of nitrogens with zero attached hydrogens (tertiary/aromatic N) is 1. The molecule has 110 valence electrons. The van der Waals surface area contributed by atoms with E-state index in [-0.39, 0.29) is 11.4 Å². The number of hydrogen-bond acceptors (Lipinski definition) is 5. The van der Waals surface area contributed by atoms with Crippen LogP contribution >= 0.6 is 11.8 Å². The van der Waals surface area contributed by atoms with Crippen molar-refractivity contribution in [1.82, 2.24) is 0 Å². The minimum absolute atomic E-state index is 0.0140. The summed E-state index contributed by atoms with van der Waals surface area (Å²) in [6.45, 7) is 2.01. The monoisotopic (exact) mass is 304 g/mol. The van der Waals surface area contributed by atoms with Crippen molar-refractivity contribution in [1.29, 1.82) is 0 Å². The van der Waals surface area contributed by atoms with Gasteiger partial charge in [0.1, 0.15) is 0 Å². The molecule has 0 heterocycles. The molecule has 2 N–H and O–H groups in total. The molecule has 6 heteroatoms. The number of benzene rings is 2. The molecular formula is C15H16N2O3S. The largest absolute Gasteiger partial charge is 0.490 e. The summed E-state index contributed by atoms with van der Waals surface area (Å²) < 4.78 is 4.99. The summed E-state index contributed by atoms with van der Waals surface area (Å²) in [5.74, 6) is 0.906. The maximum Gasteiger partial charge on any atom is 0.311 e. The highest BCUT2D eigenvalue weighted by atomic mass is 32.2. The van der Waals surface area contributed by atoms with Crippen LogP contribution in [0, 0.1) is 17.0 Å². The molecule has 0 aliphatic rings. The molecule has 2 rings (SSSR count). The van der Waals surface area contributed by atoms with Gasteiger partial charge >= 0.3 is 5.69 Å². The van der Waals surface area contributed by atoms with Crippen LogP contribution < -0.4 is 10.5 Å². The summed E-state index contributed by atoms with van der Waals surface area (Å²) in [4.78, 5) is 11.7. The third-order valence-corrected chi connectivity index (χ3v) is 4.28. The van der Waals surface area contributed by atoms with Crippen molar-refractivity contribution in [3.63, 3.8) is 0 Å². The lowest BCUT2D eigenvalue weighted by molar-refractivity contribution is -0.385. The van der Waals surface area contributed by atoms with Gasteiger partial charge in [0.05, 0.1) is 12.0 Å². The van der Waals surface area contributed by atoms with Gasteiger partial charge in [0.2, 0.25) is 0 Å². The van der Waals surface area contributed by atoms with Gasteiger partial charge in [-0.15, -0.1) is 11.8 Å². The third kappa shape index (κ3) is 3.66. The molecule has 0 unspecified atom stereocenters. The highest BCUT2D eigenvalue weighted by Gasteiger charge is 2.15. The molecule has 0 aliphatic heterocycles. The number of aryl methyl sites for hydroxylation is 1. The third-order valence-electron chi connectivity index (χ3n) is 3.05. The standard InChI is InChI=1S/C15H16N2O3S/c1-10-3-5-12(16)8-15(10)21-9-11-4-6-14(20-2)13(7-11)17(18)19/h3-8H,9,16H2,1-2H3. The van der Waals surface area contributed by atoms with Crippen molar-refractivity contribution in [2.75, 3.05) is 12.8 Å². The van der Waals surface area contributed by atoms with E-state index >= 15 is 0 Å². The van der Waals surface area contributed by atoms with Gasteiger partial charge in [0, 0.05) is 22.4 Å². The van der Waals surface area contributed by atoms with Crippen LogP contribution in [-0.2, 0) is 5.75 Å². The fourth-order valence-electron chi connectivity index (χ4n) is 1.90. The van der Waals surface area contributed by atoms with E-state index in [9.17, 15) is 10.1 Å². The van der Waals surface area contributed by atoms with Gasteiger partial charge in [-0.25, -0.2) is 0 Å². The van der Waals surface area contributed by atoms with Crippen molar-refractivity contribution >= 4 is 23.1 Å². The van der Waals surface area contributed by atoms with Gasteiger partial charge in [-0.1, -0.05) is 12.1 Å². The van der Waals surface area contributed by atoms with Gasteiger partial charge in [-0.3, -0.25) is 10.1 Å². The zero-order valence-corrected chi connectivity index (χ0v) is 12.6. The fourth-order valence-corrected chi connectivity index (χ4v) is 2.92. The Bertz CT molecular complexity index is 674. The molecular weight excluding hydrogens is 288 g/mol. The van der Waals surface area contributed by atoms with Crippen molar-refractivity contribution in [3.05, 3.63) is 57.6 Å². The Morgan fingerprint density at radius 1 is 1.29 bits per heavy atom. The summed E-state index contributed by atoms with van der Waals surface area (Å²) in [5.41, 5.74) is 8.48. The van der Waals surface area contributed by atoms with E-state index in [0.717, 1.165) is 16.0 Å². The summed E-state index contributed by atoms with van der Waals surface area (Å²) in [6.07, 6.45) is 0. The molecule has 0 fully saturated rings. The number of methoxy groups -OCH3 is 1. The lowest BCUT2D eigenvalue weighted by atomic mass is 10.2. The molecule has 0 aromatic heterocycles. The number of nitrogens with two attached hydrogens (primary N) is 1. The van der Waals surface area contributed by atoms with Crippen molar-refractivity contribution < 1.29 is 9.66 Å². The molecule has 0 spiro atoms. The minimum atomic E-state index is -0.432. The molecule has 5 nitrogen and oxygen atoms in total. The van der Waals surface area contributed by atoms with E-state index in [0.29, 0.717) is 11.4 Å². The van der Waals surface area contributed by atoms with Crippen molar-refractivity contribution in [3.8, 4) is 5.75 Å². The molecule has 21 heavy (non-hydrogen) atoms. The number of nitrogen functional groups attached to an aromatic ring is 1. The fraction of sp³-hybridized carbons (Fsp3) is 0.200. The highest BCUT2D eigenvalue weighted by Crippen LogP contribution is 2.32. The average Bonchev–Trinajstić information content (AvgIpc) is 2.47. The summed E-state index contributed by atoms with van der Waals surface area (Å²) in [5, 5.41) is 11.0. The van der Waals surface area contributed by atoms with Crippen LogP contribution in [-0.4, -0.2) is 12.0 Å². The first-order chi connectivity index (χ1) is 10.0. The first kappa shape index (κ1) is 15.2. The Morgan fingerprint density at radius 2 is 2.05 bits per heavy atom. The summed E-state index contributed by atoms with van der Waals surface area (Å²) in [7, 11) is 1.42. The molecule has 0 saturated heterocycles. The predicted molar refractivity (Wildman–Crippen MR) is 84.8 cm³/mol. The zero-order chi connectivity index (χ0) is 15.4. The second-order valence-electron chi connectivity index (χ2n) is 4.58. The molecule has 2 aromatic carbocycles. The molecule has 2 aromatic rings. The molecule has 0 atom stereocenters. The van der Waals surface area contributed by atoms with E-state index < -0.39 is 4.92 Å². The van der Waals surface area contributed by atoms with Crippen LogP contribution in [0.25, 0.3) is 0 Å². The van der Waals surface area contributed by atoms with Crippen LogP contribution in [0.2, 0.25) is 0 Å². The van der Waals surface area contributed by atoms with Crippen LogP contribution in [0.15, 0.2) is 41.3 Å². The van der Waals surface area contributed by atoms with E-state index in [1.54, 1.807) is 23.9 Å². The normalized spacial score (nSPS) is 10.4. The van der Waals surface area contributed by atoms with E-state index in [2.05, 4.69) is 0 Å². The maximum absolute atomic E-state index is 11.0. The van der Waals surface area contributed by atoms with Gasteiger partial charge < -0.3 is 10.5 Å². The number of hydrogen-bond donors (Lipinski definition) is 1. The maximum atomic E-state index is 11.0. The van der Waals surface area contributed by atoms with E-state index in [4.69, 9.17) is 10.5 Å². The van der Waals surface area contributed by atoms with Gasteiger partial charge in [0.15, 0.2) is 5.75 Å². The Kier molecular flexibility index (Phi) is 4.70. The number of thioether (sulfide) groups is 1. The SMILES string of the molecule is COc1ccc(CSc2cc(N)ccc2C)cc1[N+](=O)[O-]. The topological polar surface area (TPSA) is 78.4 Å². The van der Waals surface area contributed by atoms with Crippen LogP contribution in [0.3, 0.4) is 0 Å². The first-order valence-electron chi connectivity index (χ1n) is 6.31. The minimum Gasteiger partial charge on any atom is -0.490 e. The van der Waals surface area contributed by atoms with Crippen LogP contribution in [0.5, 0.6) is 5.75 Å². The van der Waals surface area contributed by atoms with Crippen LogP contribution in [0.4, 0.5) is 11.4 Å². The first-order valence-corrected chi connectivity index (χ1v) is 7.30. The average molecular weight is 304 g/mol. The Balaban J connectivity index is 2.18. The quantitative estimate of drug-likeness (QED) is 0.393.